The third kappa shape index (κ3) is 6.61. The van der Waals surface area contributed by atoms with Gasteiger partial charge in [-0.2, -0.15) is 16.8 Å². The lowest BCUT2D eigenvalue weighted by molar-refractivity contribution is -0.355. The fraction of sp³-hybridized carbons (Fsp3) is 0.455. The summed E-state index contributed by atoms with van der Waals surface area (Å²) in [5, 5.41) is 0. The molecule has 2 fully saturated rings. The van der Waals surface area contributed by atoms with Crippen LogP contribution in [0.25, 0.3) is 0 Å². The van der Waals surface area contributed by atoms with E-state index in [1.165, 1.54) is 0 Å². The second-order valence-corrected chi connectivity index (χ2v) is 11.2. The standard InChI is InChI=1S/C22H26O10S2/c1-33(23,24)31-19-18-17(14-28-21(30-18)16-11-7-4-8-12-16)29-22(20(19)32-34(2,25)26)27-13-15-9-5-3-6-10-15/h3-12,17-22H,13-14H2,1-2H3/t17-,18-,19+,20-,21+,22+/m1/s1. The fourth-order valence-corrected chi connectivity index (χ4v) is 5.06. The summed E-state index contributed by atoms with van der Waals surface area (Å²) in [6.07, 6.45) is -5.04. The maximum Gasteiger partial charge on any atom is 0.264 e. The second kappa shape index (κ2) is 10.4. The van der Waals surface area contributed by atoms with Crippen LogP contribution in [0.2, 0.25) is 0 Å². The van der Waals surface area contributed by atoms with Crippen LogP contribution in [-0.2, 0) is 54.2 Å². The molecular formula is C22H26O10S2. The highest BCUT2D eigenvalue weighted by Crippen LogP contribution is 2.37. The zero-order valence-electron chi connectivity index (χ0n) is 18.6. The van der Waals surface area contributed by atoms with Gasteiger partial charge in [0.1, 0.15) is 18.3 Å². The Morgan fingerprint density at radius 3 is 2.03 bits per heavy atom. The lowest BCUT2D eigenvalue weighted by atomic mass is 9.98. The molecule has 0 amide bonds. The third-order valence-electron chi connectivity index (χ3n) is 5.18. The van der Waals surface area contributed by atoms with Gasteiger partial charge in [-0.1, -0.05) is 60.7 Å². The average molecular weight is 515 g/mol. The zero-order chi connectivity index (χ0) is 24.3. The van der Waals surface area contributed by atoms with Gasteiger partial charge in [0.25, 0.3) is 20.2 Å². The minimum atomic E-state index is -4.05. The van der Waals surface area contributed by atoms with Crippen LogP contribution in [0.1, 0.15) is 17.4 Å². The number of fused-ring (bicyclic) bond motifs is 1. The Bertz CT molecular complexity index is 1150. The first-order chi connectivity index (χ1) is 16.1. The molecule has 2 heterocycles. The van der Waals surface area contributed by atoms with Crippen molar-refractivity contribution >= 4 is 20.2 Å². The molecular weight excluding hydrogens is 488 g/mol. The van der Waals surface area contributed by atoms with E-state index in [2.05, 4.69) is 0 Å². The SMILES string of the molecule is CS(=O)(=O)O[C@@H]1[C@@H](OS(C)(=O)=O)[C@@H](OCc2ccccc2)O[C@@H]2CO[C@H](c3ccccc3)O[C@@H]12. The van der Waals surface area contributed by atoms with Crippen molar-refractivity contribution in [2.75, 3.05) is 19.1 Å². The molecule has 186 valence electrons. The molecule has 2 aliphatic rings. The van der Waals surface area contributed by atoms with E-state index in [1.807, 2.05) is 36.4 Å². The van der Waals surface area contributed by atoms with Crippen molar-refractivity contribution in [2.45, 2.75) is 43.6 Å². The van der Waals surface area contributed by atoms with Crippen molar-refractivity contribution in [1.29, 1.82) is 0 Å². The highest BCUT2D eigenvalue weighted by molar-refractivity contribution is 7.86. The van der Waals surface area contributed by atoms with E-state index in [4.69, 9.17) is 27.3 Å². The maximum absolute atomic E-state index is 12.1. The fourth-order valence-electron chi connectivity index (χ4n) is 3.83. The molecule has 34 heavy (non-hydrogen) atoms. The Morgan fingerprint density at radius 2 is 1.41 bits per heavy atom. The molecule has 0 bridgehead atoms. The van der Waals surface area contributed by atoms with Gasteiger partial charge in [0.05, 0.1) is 25.7 Å². The van der Waals surface area contributed by atoms with Gasteiger partial charge in [-0.05, 0) is 5.56 Å². The predicted octanol–water partition coefficient (Wildman–Crippen LogP) is 1.73. The Morgan fingerprint density at radius 1 is 0.824 bits per heavy atom. The number of benzene rings is 2. The molecule has 2 aromatic rings. The van der Waals surface area contributed by atoms with Crippen molar-refractivity contribution in [1.82, 2.24) is 0 Å². The summed E-state index contributed by atoms with van der Waals surface area (Å²) in [4.78, 5) is 0. The molecule has 0 saturated carbocycles. The van der Waals surface area contributed by atoms with Gasteiger partial charge in [0.15, 0.2) is 18.7 Å². The molecule has 2 aromatic carbocycles. The summed E-state index contributed by atoms with van der Waals surface area (Å²) in [5.41, 5.74) is 1.49. The molecule has 2 saturated heterocycles. The highest BCUT2D eigenvalue weighted by Gasteiger charge is 2.54. The van der Waals surface area contributed by atoms with Gasteiger partial charge in [-0.25, -0.2) is 0 Å². The predicted molar refractivity (Wildman–Crippen MR) is 119 cm³/mol. The lowest BCUT2D eigenvalue weighted by Crippen LogP contribution is -2.64. The van der Waals surface area contributed by atoms with Gasteiger partial charge in [-0.15, -0.1) is 0 Å². The molecule has 2 aliphatic heterocycles. The van der Waals surface area contributed by atoms with E-state index < -0.39 is 57.2 Å². The number of rotatable bonds is 8. The van der Waals surface area contributed by atoms with Crippen LogP contribution in [0.5, 0.6) is 0 Å². The monoisotopic (exact) mass is 514 g/mol. The molecule has 12 heteroatoms. The second-order valence-electron chi connectivity index (χ2n) is 8.05. The van der Waals surface area contributed by atoms with E-state index in [1.54, 1.807) is 24.3 Å². The van der Waals surface area contributed by atoms with Gasteiger partial charge in [0, 0.05) is 5.56 Å². The molecule has 4 rings (SSSR count). The van der Waals surface area contributed by atoms with Crippen LogP contribution < -0.4 is 0 Å². The van der Waals surface area contributed by atoms with Crippen LogP contribution in [0, 0.1) is 0 Å². The molecule has 0 unspecified atom stereocenters. The van der Waals surface area contributed by atoms with E-state index >= 15 is 0 Å². The first-order valence-corrected chi connectivity index (χ1v) is 14.1. The summed E-state index contributed by atoms with van der Waals surface area (Å²) in [6.45, 7) is 0.0944. The van der Waals surface area contributed by atoms with E-state index in [0.29, 0.717) is 5.56 Å². The topological polar surface area (TPSA) is 124 Å². The van der Waals surface area contributed by atoms with Gasteiger partial charge < -0.3 is 18.9 Å². The van der Waals surface area contributed by atoms with Crippen molar-refractivity contribution < 1.29 is 44.1 Å². The number of hydrogen-bond acceptors (Lipinski definition) is 10. The highest BCUT2D eigenvalue weighted by atomic mass is 32.2. The van der Waals surface area contributed by atoms with E-state index in [-0.39, 0.29) is 13.2 Å². The van der Waals surface area contributed by atoms with Crippen molar-refractivity contribution in [3.63, 3.8) is 0 Å². The number of hydrogen-bond donors (Lipinski definition) is 0. The smallest absolute Gasteiger partial charge is 0.264 e. The Kier molecular flexibility index (Phi) is 7.69. The quantitative estimate of drug-likeness (QED) is 0.481. The first-order valence-electron chi connectivity index (χ1n) is 10.5. The van der Waals surface area contributed by atoms with Crippen molar-refractivity contribution in [3.8, 4) is 0 Å². The largest absolute Gasteiger partial charge is 0.346 e. The molecule has 0 aliphatic carbocycles. The minimum Gasteiger partial charge on any atom is -0.346 e. The van der Waals surface area contributed by atoms with Crippen molar-refractivity contribution in [3.05, 3.63) is 71.8 Å². The van der Waals surface area contributed by atoms with E-state index in [9.17, 15) is 16.8 Å². The minimum absolute atomic E-state index is 0.0324. The van der Waals surface area contributed by atoms with Gasteiger partial charge in [0.2, 0.25) is 0 Å². The van der Waals surface area contributed by atoms with E-state index in [0.717, 1.165) is 18.1 Å². The Labute approximate surface area is 198 Å². The first kappa shape index (κ1) is 25.2. The normalized spacial score (nSPS) is 29.9. The third-order valence-corrected chi connectivity index (χ3v) is 6.33. The van der Waals surface area contributed by atoms with Crippen LogP contribution in [-0.4, -0.2) is 66.7 Å². The van der Waals surface area contributed by atoms with Crippen LogP contribution in [0.3, 0.4) is 0 Å². The molecule has 6 atom stereocenters. The molecule has 0 N–H and O–H groups in total. The van der Waals surface area contributed by atoms with Crippen LogP contribution >= 0.6 is 0 Å². The maximum atomic E-state index is 12.1. The Hall–Kier alpha value is -1.90. The van der Waals surface area contributed by atoms with Gasteiger partial charge >= 0.3 is 0 Å². The van der Waals surface area contributed by atoms with Crippen LogP contribution in [0.15, 0.2) is 60.7 Å². The summed E-state index contributed by atoms with van der Waals surface area (Å²) in [7, 11) is -8.10. The van der Waals surface area contributed by atoms with Crippen LogP contribution in [0.4, 0.5) is 0 Å². The Balaban J connectivity index is 1.63. The summed E-state index contributed by atoms with van der Waals surface area (Å²) >= 11 is 0. The zero-order valence-corrected chi connectivity index (χ0v) is 20.2. The summed E-state index contributed by atoms with van der Waals surface area (Å²) in [6, 6.07) is 18.1. The van der Waals surface area contributed by atoms with Crippen molar-refractivity contribution in [2.24, 2.45) is 0 Å². The molecule has 0 spiro atoms. The average Bonchev–Trinajstić information content (AvgIpc) is 2.79. The number of ether oxygens (including phenoxy) is 4. The summed E-state index contributed by atoms with van der Waals surface area (Å²) in [5.74, 6) is 0. The lowest BCUT2D eigenvalue weighted by Gasteiger charge is -2.47. The molecule has 0 aromatic heterocycles. The summed E-state index contributed by atoms with van der Waals surface area (Å²) < 4.78 is 82.6. The molecule has 0 radical (unpaired) electrons. The van der Waals surface area contributed by atoms with Gasteiger partial charge in [-0.3, -0.25) is 8.37 Å². The molecule has 10 nitrogen and oxygen atoms in total.